The number of carbonyl (C=O) groups is 2. The van der Waals surface area contributed by atoms with Crippen LogP contribution in [0, 0.1) is 13.8 Å². The Morgan fingerprint density at radius 1 is 1.26 bits per heavy atom. The van der Waals surface area contributed by atoms with Crippen molar-refractivity contribution >= 4 is 22.8 Å². The molecule has 27 heavy (non-hydrogen) atoms. The van der Waals surface area contributed by atoms with Crippen LogP contribution in [0.25, 0.3) is 10.9 Å². The lowest BCUT2D eigenvalue weighted by molar-refractivity contribution is -0.192. The van der Waals surface area contributed by atoms with Gasteiger partial charge in [0.25, 0.3) is 5.91 Å². The van der Waals surface area contributed by atoms with E-state index in [0.29, 0.717) is 5.69 Å². The molecule has 1 aliphatic heterocycles. The summed E-state index contributed by atoms with van der Waals surface area (Å²) in [7, 11) is 2.09. The molecule has 2 aromatic rings. The number of rotatable bonds is 2. The van der Waals surface area contributed by atoms with Gasteiger partial charge in [0.2, 0.25) is 0 Å². The zero-order chi connectivity index (χ0) is 20.4. The van der Waals surface area contributed by atoms with Crippen molar-refractivity contribution < 1.29 is 27.9 Å². The third-order valence-corrected chi connectivity index (χ3v) is 4.43. The quantitative estimate of drug-likeness (QED) is 0.742. The van der Waals surface area contributed by atoms with Crippen molar-refractivity contribution in [2.24, 2.45) is 0 Å². The summed E-state index contributed by atoms with van der Waals surface area (Å²) >= 11 is 0. The molecule has 0 saturated carbocycles. The molecule has 0 unspecified atom stereocenters. The van der Waals surface area contributed by atoms with E-state index in [-0.39, 0.29) is 11.9 Å². The lowest BCUT2D eigenvalue weighted by Gasteiger charge is -2.11. The Hall–Kier alpha value is -2.55. The molecule has 1 saturated heterocycles. The minimum atomic E-state index is -5.08. The number of carboxylic acids is 1. The smallest absolute Gasteiger partial charge is 0.475 e. The SMILES string of the molecule is Cc1ccc(C)c2[nH]c(C(=O)N[C@@H]3CCN(C)C3)cc12.O=C(O)C(F)(F)F. The van der Waals surface area contributed by atoms with Crippen molar-refractivity contribution in [2.45, 2.75) is 32.5 Å². The highest BCUT2D eigenvalue weighted by Gasteiger charge is 2.38. The Bertz CT molecular complexity index is 806. The van der Waals surface area contributed by atoms with E-state index >= 15 is 0 Å². The molecule has 148 valence electrons. The Morgan fingerprint density at radius 2 is 1.85 bits per heavy atom. The zero-order valence-electron chi connectivity index (χ0n) is 15.3. The fraction of sp³-hybridized carbons (Fsp3) is 0.444. The van der Waals surface area contributed by atoms with E-state index in [9.17, 15) is 18.0 Å². The van der Waals surface area contributed by atoms with E-state index in [0.717, 1.165) is 30.4 Å². The van der Waals surface area contributed by atoms with Crippen LogP contribution < -0.4 is 5.32 Å². The molecular formula is C18H22F3N3O3. The van der Waals surface area contributed by atoms with Crippen LogP contribution in [0.15, 0.2) is 18.2 Å². The molecule has 1 aromatic heterocycles. The van der Waals surface area contributed by atoms with Crippen molar-refractivity contribution in [1.82, 2.24) is 15.2 Å². The number of benzene rings is 1. The van der Waals surface area contributed by atoms with E-state index < -0.39 is 12.1 Å². The normalized spacial score (nSPS) is 17.5. The third-order valence-electron chi connectivity index (χ3n) is 4.43. The summed E-state index contributed by atoms with van der Waals surface area (Å²) in [6.07, 6.45) is -4.06. The second kappa shape index (κ2) is 7.99. The maximum Gasteiger partial charge on any atom is 0.490 e. The van der Waals surface area contributed by atoms with Gasteiger partial charge in [-0.1, -0.05) is 12.1 Å². The average Bonchev–Trinajstić information content (AvgIpc) is 3.18. The second-order valence-corrected chi connectivity index (χ2v) is 6.70. The first-order valence-electron chi connectivity index (χ1n) is 8.37. The van der Waals surface area contributed by atoms with Crippen LogP contribution in [0.1, 0.15) is 28.0 Å². The molecule has 1 fully saturated rings. The maximum absolute atomic E-state index is 12.3. The molecule has 9 heteroatoms. The number of aromatic amines is 1. The zero-order valence-corrected chi connectivity index (χ0v) is 15.3. The van der Waals surface area contributed by atoms with Crippen LogP contribution >= 0.6 is 0 Å². The highest BCUT2D eigenvalue weighted by Crippen LogP contribution is 2.23. The molecule has 3 rings (SSSR count). The number of likely N-dealkylation sites (tertiary alicyclic amines) is 1. The van der Waals surface area contributed by atoms with Crippen molar-refractivity contribution in [1.29, 1.82) is 0 Å². The number of nitrogens with zero attached hydrogens (tertiary/aromatic N) is 1. The van der Waals surface area contributed by atoms with Gasteiger partial charge in [0.05, 0.1) is 0 Å². The van der Waals surface area contributed by atoms with Crippen LogP contribution in [0.5, 0.6) is 0 Å². The molecular weight excluding hydrogens is 363 g/mol. The number of alkyl halides is 3. The number of aromatic nitrogens is 1. The van der Waals surface area contributed by atoms with Crippen molar-refractivity contribution in [2.75, 3.05) is 20.1 Å². The number of fused-ring (bicyclic) bond motifs is 1. The predicted molar refractivity (Wildman–Crippen MR) is 94.8 cm³/mol. The first kappa shape index (κ1) is 20.8. The minimum absolute atomic E-state index is 0.000278. The van der Waals surface area contributed by atoms with Gasteiger partial charge < -0.3 is 20.3 Å². The standard InChI is InChI=1S/C16H21N3O.C2HF3O2/c1-10-4-5-11(2)15-13(10)8-14(18-15)16(20)17-12-6-7-19(3)9-12;3-2(4,5)1(6)7/h4-5,8,12,18H,6-7,9H2,1-3H3,(H,17,20);(H,6,7)/t12-;/m1./s1. The highest BCUT2D eigenvalue weighted by atomic mass is 19.4. The third kappa shape index (κ3) is 5.22. The molecule has 6 nitrogen and oxygen atoms in total. The summed E-state index contributed by atoms with van der Waals surface area (Å²) < 4.78 is 31.7. The van der Waals surface area contributed by atoms with Gasteiger partial charge in [0, 0.05) is 23.5 Å². The number of halogens is 3. The number of carboxylic acid groups (broad SMARTS) is 1. The molecule has 2 heterocycles. The van der Waals surface area contributed by atoms with Gasteiger partial charge >= 0.3 is 12.1 Å². The first-order chi connectivity index (χ1) is 12.5. The number of hydrogen-bond donors (Lipinski definition) is 3. The maximum atomic E-state index is 12.3. The van der Waals surface area contributed by atoms with Gasteiger partial charge in [-0.25, -0.2) is 4.79 Å². The van der Waals surface area contributed by atoms with E-state index in [1.54, 1.807) is 0 Å². The van der Waals surface area contributed by atoms with E-state index in [1.165, 1.54) is 11.1 Å². The van der Waals surface area contributed by atoms with Crippen molar-refractivity contribution in [3.8, 4) is 0 Å². The number of hydrogen-bond acceptors (Lipinski definition) is 3. The fourth-order valence-electron chi connectivity index (χ4n) is 2.94. The summed E-state index contributed by atoms with van der Waals surface area (Å²) in [6.45, 7) is 6.12. The lowest BCUT2D eigenvalue weighted by atomic mass is 10.1. The van der Waals surface area contributed by atoms with Gasteiger partial charge in [-0.3, -0.25) is 4.79 Å². The van der Waals surface area contributed by atoms with Crippen LogP contribution in [0.3, 0.4) is 0 Å². The number of aliphatic carboxylic acids is 1. The number of H-pyrrole nitrogens is 1. The first-order valence-corrected chi connectivity index (χ1v) is 8.37. The van der Waals surface area contributed by atoms with Crippen molar-refractivity contribution in [3.63, 3.8) is 0 Å². The van der Waals surface area contributed by atoms with Gasteiger partial charge in [0.15, 0.2) is 0 Å². The van der Waals surface area contributed by atoms with E-state index in [4.69, 9.17) is 9.90 Å². The molecule has 3 N–H and O–H groups in total. The monoisotopic (exact) mass is 385 g/mol. The molecule has 1 aromatic carbocycles. The summed E-state index contributed by atoms with van der Waals surface area (Å²) in [5, 5.41) is 11.4. The number of nitrogens with one attached hydrogen (secondary N) is 2. The number of amides is 1. The number of aryl methyl sites for hydroxylation is 2. The Balaban J connectivity index is 0.000000321. The summed E-state index contributed by atoms with van der Waals surface area (Å²) in [4.78, 5) is 26.7. The van der Waals surface area contributed by atoms with Crippen LogP contribution in [0.4, 0.5) is 13.2 Å². The van der Waals surface area contributed by atoms with E-state index in [1.807, 2.05) is 6.07 Å². The summed E-state index contributed by atoms with van der Waals surface area (Å²) in [6, 6.07) is 6.41. The molecule has 0 spiro atoms. The van der Waals surface area contributed by atoms with Gasteiger partial charge in [-0.2, -0.15) is 13.2 Å². The molecule has 0 aliphatic carbocycles. The molecule has 1 aliphatic rings. The fourth-order valence-corrected chi connectivity index (χ4v) is 2.94. The molecule has 1 amide bonds. The van der Waals surface area contributed by atoms with Gasteiger partial charge in [0.1, 0.15) is 5.69 Å². The van der Waals surface area contributed by atoms with Gasteiger partial charge in [-0.05, 0) is 51.1 Å². The Labute approximate surface area is 154 Å². The molecule has 1 atom stereocenters. The topological polar surface area (TPSA) is 85.4 Å². The minimum Gasteiger partial charge on any atom is -0.475 e. The largest absolute Gasteiger partial charge is 0.490 e. The van der Waals surface area contributed by atoms with E-state index in [2.05, 4.69) is 48.2 Å². The van der Waals surface area contributed by atoms with Crippen LogP contribution in [0.2, 0.25) is 0 Å². The lowest BCUT2D eigenvalue weighted by Crippen LogP contribution is -2.36. The van der Waals surface area contributed by atoms with Crippen LogP contribution in [-0.4, -0.2) is 59.2 Å². The number of likely N-dealkylation sites (N-methyl/N-ethyl adjacent to an activating group) is 1. The highest BCUT2D eigenvalue weighted by molar-refractivity contribution is 5.99. The Morgan fingerprint density at radius 3 is 2.33 bits per heavy atom. The summed E-state index contributed by atoms with van der Waals surface area (Å²) in [5.74, 6) is -2.76. The van der Waals surface area contributed by atoms with Crippen molar-refractivity contribution in [3.05, 3.63) is 35.0 Å². The molecule has 0 bridgehead atoms. The van der Waals surface area contributed by atoms with Gasteiger partial charge in [-0.15, -0.1) is 0 Å². The summed E-state index contributed by atoms with van der Waals surface area (Å²) in [5.41, 5.74) is 4.09. The number of carbonyl (C=O) groups excluding carboxylic acids is 1. The second-order valence-electron chi connectivity index (χ2n) is 6.70. The van der Waals surface area contributed by atoms with Crippen LogP contribution in [-0.2, 0) is 4.79 Å². The Kier molecular flexibility index (Phi) is 6.15. The molecule has 0 radical (unpaired) electrons. The predicted octanol–water partition coefficient (Wildman–Crippen LogP) is 2.85. The average molecular weight is 385 g/mol.